The lowest BCUT2D eigenvalue weighted by molar-refractivity contribution is -0.120. The molecule has 0 aromatic heterocycles. The molecule has 4 nitrogen and oxygen atoms in total. The standard InChI is InChI=1S/C11H24N2O2/c1-5-11(15,6-2)8-12-7-10(14)13-9(3)4/h9,12,15H,5-8H2,1-4H3,(H,13,14). The van der Waals surface area contributed by atoms with Gasteiger partial charge in [0, 0.05) is 12.6 Å². The molecule has 0 bridgehead atoms. The molecule has 15 heavy (non-hydrogen) atoms. The Labute approximate surface area is 92.4 Å². The van der Waals surface area contributed by atoms with Crippen molar-refractivity contribution in [2.45, 2.75) is 52.2 Å². The van der Waals surface area contributed by atoms with Crippen LogP contribution in [0.5, 0.6) is 0 Å². The van der Waals surface area contributed by atoms with Crippen LogP contribution in [0.1, 0.15) is 40.5 Å². The maximum Gasteiger partial charge on any atom is 0.234 e. The van der Waals surface area contributed by atoms with Gasteiger partial charge in [0.2, 0.25) is 5.91 Å². The van der Waals surface area contributed by atoms with E-state index >= 15 is 0 Å². The molecule has 0 saturated carbocycles. The predicted octanol–water partition coefficient (Wildman–Crippen LogP) is 0.652. The van der Waals surface area contributed by atoms with Crippen molar-refractivity contribution in [3.05, 3.63) is 0 Å². The van der Waals surface area contributed by atoms with Gasteiger partial charge in [-0.15, -0.1) is 0 Å². The summed E-state index contributed by atoms with van der Waals surface area (Å²) in [6, 6.07) is 0.163. The zero-order valence-electron chi connectivity index (χ0n) is 10.3. The average molecular weight is 216 g/mol. The van der Waals surface area contributed by atoms with Crippen molar-refractivity contribution < 1.29 is 9.90 Å². The molecule has 0 aliphatic rings. The number of hydrogen-bond donors (Lipinski definition) is 3. The number of aliphatic hydroxyl groups is 1. The van der Waals surface area contributed by atoms with Crippen LogP contribution in [0.2, 0.25) is 0 Å². The number of carbonyl (C=O) groups excluding carboxylic acids is 1. The van der Waals surface area contributed by atoms with Crippen LogP contribution < -0.4 is 10.6 Å². The lowest BCUT2D eigenvalue weighted by Crippen LogP contribution is -2.44. The number of carbonyl (C=O) groups is 1. The van der Waals surface area contributed by atoms with Crippen LogP contribution in [-0.4, -0.2) is 35.7 Å². The minimum Gasteiger partial charge on any atom is -0.389 e. The topological polar surface area (TPSA) is 61.4 Å². The van der Waals surface area contributed by atoms with Gasteiger partial charge in [-0.3, -0.25) is 4.79 Å². The molecular formula is C11H24N2O2. The van der Waals surface area contributed by atoms with Gasteiger partial charge in [0.1, 0.15) is 0 Å². The van der Waals surface area contributed by atoms with Crippen LogP contribution >= 0.6 is 0 Å². The second-order valence-corrected chi connectivity index (χ2v) is 4.26. The SMILES string of the molecule is CCC(O)(CC)CNCC(=O)NC(C)C. The first-order valence-corrected chi connectivity index (χ1v) is 5.66. The molecule has 0 aliphatic carbocycles. The van der Waals surface area contributed by atoms with Crippen molar-refractivity contribution >= 4 is 5.91 Å². The van der Waals surface area contributed by atoms with E-state index in [0.29, 0.717) is 19.4 Å². The smallest absolute Gasteiger partial charge is 0.234 e. The Bertz CT molecular complexity index is 189. The van der Waals surface area contributed by atoms with Crippen LogP contribution in [-0.2, 0) is 4.79 Å². The summed E-state index contributed by atoms with van der Waals surface area (Å²) in [4.78, 5) is 11.3. The second kappa shape index (κ2) is 6.80. The maximum atomic E-state index is 11.3. The molecule has 0 rings (SSSR count). The summed E-state index contributed by atoms with van der Waals surface area (Å²) in [6.07, 6.45) is 1.39. The molecule has 0 heterocycles. The third-order valence-electron chi connectivity index (χ3n) is 2.51. The van der Waals surface area contributed by atoms with E-state index in [1.807, 2.05) is 27.7 Å². The molecule has 3 N–H and O–H groups in total. The van der Waals surface area contributed by atoms with Gasteiger partial charge in [0.05, 0.1) is 12.1 Å². The molecule has 0 saturated heterocycles. The first kappa shape index (κ1) is 14.4. The summed E-state index contributed by atoms with van der Waals surface area (Å²) < 4.78 is 0. The van der Waals surface area contributed by atoms with Gasteiger partial charge in [-0.25, -0.2) is 0 Å². The maximum absolute atomic E-state index is 11.3. The monoisotopic (exact) mass is 216 g/mol. The molecule has 0 aromatic rings. The highest BCUT2D eigenvalue weighted by Crippen LogP contribution is 2.12. The zero-order chi connectivity index (χ0) is 11.9. The van der Waals surface area contributed by atoms with E-state index in [4.69, 9.17) is 0 Å². The van der Waals surface area contributed by atoms with E-state index in [9.17, 15) is 9.90 Å². The van der Waals surface area contributed by atoms with Crippen LogP contribution in [0.25, 0.3) is 0 Å². The largest absolute Gasteiger partial charge is 0.389 e. The Hall–Kier alpha value is -0.610. The lowest BCUT2D eigenvalue weighted by Gasteiger charge is -2.25. The molecule has 0 unspecified atom stereocenters. The van der Waals surface area contributed by atoms with Crippen molar-refractivity contribution in [1.29, 1.82) is 0 Å². The molecule has 0 fully saturated rings. The Kier molecular flexibility index (Phi) is 6.52. The highest BCUT2D eigenvalue weighted by atomic mass is 16.3. The number of nitrogens with one attached hydrogen (secondary N) is 2. The first-order valence-electron chi connectivity index (χ1n) is 5.66. The summed E-state index contributed by atoms with van der Waals surface area (Å²) in [6.45, 7) is 8.46. The quantitative estimate of drug-likeness (QED) is 0.585. The summed E-state index contributed by atoms with van der Waals surface area (Å²) >= 11 is 0. The summed E-state index contributed by atoms with van der Waals surface area (Å²) in [5, 5.41) is 15.7. The highest BCUT2D eigenvalue weighted by molar-refractivity contribution is 5.78. The van der Waals surface area contributed by atoms with E-state index < -0.39 is 5.60 Å². The van der Waals surface area contributed by atoms with Gasteiger partial charge in [-0.2, -0.15) is 0 Å². The van der Waals surface area contributed by atoms with Crippen LogP contribution in [0.4, 0.5) is 0 Å². The zero-order valence-corrected chi connectivity index (χ0v) is 10.3. The molecule has 0 aliphatic heterocycles. The fraction of sp³-hybridized carbons (Fsp3) is 0.909. The van der Waals surface area contributed by atoms with E-state index in [2.05, 4.69) is 10.6 Å². The van der Waals surface area contributed by atoms with Gasteiger partial charge in [0.25, 0.3) is 0 Å². The van der Waals surface area contributed by atoms with Crippen molar-refractivity contribution in [1.82, 2.24) is 10.6 Å². The summed E-state index contributed by atoms with van der Waals surface area (Å²) in [7, 11) is 0. The molecule has 0 spiro atoms. The average Bonchev–Trinajstić information content (AvgIpc) is 2.16. The Morgan fingerprint density at radius 3 is 2.27 bits per heavy atom. The summed E-state index contributed by atoms with van der Waals surface area (Å²) in [5.74, 6) is -0.0282. The number of amides is 1. The molecule has 0 atom stereocenters. The van der Waals surface area contributed by atoms with Gasteiger partial charge in [-0.1, -0.05) is 13.8 Å². The second-order valence-electron chi connectivity index (χ2n) is 4.26. The van der Waals surface area contributed by atoms with Crippen LogP contribution in [0, 0.1) is 0 Å². The fourth-order valence-corrected chi connectivity index (χ4v) is 1.28. The molecule has 1 amide bonds. The van der Waals surface area contributed by atoms with E-state index in [-0.39, 0.29) is 18.5 Å². The predicted molar refractivity (Wildman–Crippen MR) is 61.7 cm³/mol. The fourth-order valence-electron chi connectivity index (χ4n) is 1.28. The Balaban J connectivity index is 3.73. The van der Waals surface area contributed by atoms with E-state index in [0.717, 1.165) is 0 Å². The van der Waals surface area contributed by atoms with Gasteiger partial charge < -0.3 is 15.7 Å². The van der Waals surface area contributed by atoms with Gasteiger partial charge in [0.15, 0.2) is 0 Å². The highest BCUT2D eigenvalue weighted by Gasteiger charge is 2.21. The normalized spacial score (nSPS) is 11.9. The Morgan fingerprint density at radius 2 is 1.87 bits per heavy atom. The number of hydrogen-bond acceptors (Lipinski definition) is 3. The van der Waals surface area contributed by atoms with Gasteiger partial charge in [-0.05, 0) is 26.7 Å². The molecule has 0 aromatic carbocycles. The molecule has 90 valence electrons. The van der Waals surface area contributed by atoms with Crippen molar-refractivity contribution in [2.24, 2.45) is 0 Å². The van der Waals surface area contributed by atoms with Crippen LogP contribution in [0.3, 0.4) is 0 Å². The molecule has 0 radical (unpaired) electrons. The molecule has 4 heteroatoms. The van der Waals surface area contributed by atoms with E-state index in [1.54, 1.807) is 0 Å². The number of rotatable bonds is 7. The molecular weight excluding hydrogens is 192 g/mol. The van der Waals surface area contributed by atoms with Crippen molar-refractivity contribution in [2.75, 3.05) is 13.1 Å². The summed E-state index contributed by atoms with van der Waals surface area (Å²) in [5.41, 5.74) is -0.682. The van der Waals surface area contributed by atoms with E-state index in [1.165, 1.54) is 0 Å². The minimum atomic E-state index is -0.682. The first-order chi connectivity index (χ1) is 6.93. The van der Waals surface area contributed by atoms with Crippen LogP contribution in [0.15, 0.2) is 0 Å². The van der Waals surface area contributed by atoms with Crippen molar-refractivity contribution in [3.63, 3.8) is 0 Å². The van der Waals surface area contributed by atoms with Gasteiger partial charge >= 0.3 is 0 Å². The minimum absolute atomic E-state index is 0.0282. The third kappa shape index (κ3) is 6.47. The lowest BCUT2D eigenvalue weighted by atomic mass is 9.98. The Morgan fingerprint density at radius 1 is 1.33 bits per heavy atom. The third-order valence-corrected chi connectivity index (χ3v) is 2.51. The van der Waals surface area contributed by atoms with Crippen molar-refractivity contribution in [3.8, 4) is 0 Å².